The van der Waals surface area contributed by atoms with Crippen molar-refractivity contribution in [2.45, 2.75) is 43.8 Å². The lowest BCUT2D eigenvalue weighted by atomic mass is 9.96. The van der Waals surface area contributed by atoms with E-state index in [-0.39, 0.29) is 18.6 Å². The Kier molecular flexibility index (Phi) is 8.61. The summed E-state index contributed by atoms with van der Waals surface area (Å²) in [6.07, 6.45) is 1.26. The number of nitrogens with one attached hydrogen (secondary N) is 4. The standard InChI is InChI=1S/C25H32N4O5/c1-26-10-4-7-19-23(31)29-21(25(33)34)12-15-5-3-6-16(11-15)17-8-9-22(30)18(13-17)14-20(27-2)24(32)28-19/h3,5-6,8-9,11,13,19-21,26-27,30H,4,7,10,12,14H2,1-2H3,(H,28,32)(H,29,31)(H,33,34)/t19-,20-,21-/m0/s1. The van der Waals surface area contributed by atoms with Crippen LogP contribution in [0, 0.1) is 0 Å². The van der Waals surface area contributed by atoms with Gasteiger partial charge in [-0.15, -0.1) is 0 Å². The molecule has 2 aromatic rings. The van der Waals surface area contributed by atoms with Gasteiger partial charge in [0.15, 0.2) is 0 Å². The highest BCUT2D eigenvalue weighted by molar-refractivity contribution is 5.92. The highest BCUT2D eigenvalue weighted by Crippen LogP contribution is 2.28. The lowest BCUT2D eigenvalue weighted by Crippen LogP contribution is -2.55. The normalized spacial score (nSPS) is 21.1. The number of likely N-dealkylation sites (N-methyl/N-ethyl adjacent to an activating group) is 1. The van der Waals surface area contributed by atoms with Crippen LogP contribution in [0.4, 0.5) is 0 Å². The van der Waals surface area contributed by atoms with Crippen molar-refractivity contribution >= 4 is 17.8 Å². The van der Waals surface area contributed by atoms with Crippen molar-refractivity contribution in [2.75, 3.05) is 20.6 Å². The number of carbonyl (C=O) groups excluding carboxylic acids is 2. The van der Waals surface area contributed by atoms with Crippen LogP contribution >= 0.6 is 0 Å². The van der Waals surface area contributed by atoms with Crippen molar-refractivity contribution in [1.29, 1.82) is 0 Å². The smallest absolute Gasteiger partial charge is 0.326 e. The lowest BCUT2D eigenvalue weighted by molar-refractivity contribution is -0.142. The Morgan fingerprint density at radius 3 is 2.50 bits per heavy atom. The van der Waals surface area contributed by atoms with Gasteiger partial charge < -0.3 is 31.5 Å². The Bertz CT molecular complexity index is 1040. The first-order chi connectivity index (χ1) is 16.3. The van der Waals surface area contributed by atoms with E-state index in [9.17, 15) is 24.6 Å². The summed E-state index contributed by atoms with van der Waals surface area (Å²) in [5.41, 5.74) is 3.02. The van der Waals surface area contributed by atoms with Crippen molar-refractivity contribution in [2.24, 2.45) is 0 Å². The van der Waals surface area contributed by atoms with Crippen LogP contribution in [-0.2, 0) is 27.2 Å². The number of rotatable bonds is 6. The second-order valence-electron chi connectivity index (χ2n) is 8.50. The molecule has 9 heteroatoms. The third-order valence-electron chi connectivity index (χ3n) is 6.04. The average molecular weight is 469 g/mol. The van der Waals surface area contributed by atoms with E-state index in [0.717, 1.165) is 16.7 Å². The molecule has 0 saturated carbocycles. The molecule has 3 rings (SSSR count). The van der Waals surface area contributed by atoms with Crippen molar-refractivity contribution in [3.8, 4) is 16.9 Å². The number of phenols is 1. The number of phenolic OH excluding ortho intramolecular Hbond substituents is 1. The fourth-order valence-corrected chi connectivity index (χ4v) is 4.08. The van der Waals surface area contributed by atoms with Crippen LogP contribution in [0.3, 0.4) is 0 Å². The van der Waals surface area contributed by atoms with Crippen LogP contribution in [0.5, 0.6) is 5.75 Å². The molecule has 182 valence electrons. The molecular formula is C25H32N4O5. The summed E-state index contributed by atoms with van der Waals surface area (Å²) >= 11 is 0. The molecule has 34 heavy (non-hydrogen) atoms. The zero-order chi connectivity index (χ0) is 24.7. The van der Waals surface area contributed by atoms with Gasteiger partial charge in [0.25, 0.3) is 0 Å². The van der Waals surface area contributed by atoms with Crippen LogP contribution in [0.1, 0.15) is 24.0 Å². The van der Waals surface area contributed by atoms with E-state index < -0.39 is 35.9 Å². The molecule has 0 spiro atoms. The Balaban J connectivity index is 2.04. The molecule has 0 fully saturated rings. The fourth-order valence-electron chi connectivity index (χ4n) is 4.08. The van der Waals surface area contributed by atoms with Gasteiger partial charge in [-0.1, -0.05) is 30.3 Å². The Morgan fingerprint density at radius 1 is 1.03 bits per heavy atom. The van der Waals surface area contributed by atoms with Gasteiger partial charge >= 0.3 is 5.97 Å². The summed E-state index contributed by atoms with van der Waals surface area (Å²) in [7, 11) is 3.43. The SMILES string of the molecule is CNCCC[C@@H]1NC(=O)[C@@H](NC)Cc2cc(ccc2O)-c2cccc(c2)C[C@@H](C(=O)O)NC1=O. The van der Waals surface area contributed by atoms with Gasteiger partial charge in [0.1, 0.15) is 17.8 Å². The van der Waals surface area contributed by atoms with Gasteiger partial charge in [-0.3, -0.25) is 9.59 Å². The number of aromatic hydroxyl groups is 1. The predicted octanol–water partition coefficient (Wildman–Crippen LogP) is 0.800. The highest BCUT2D eigenvalue weighted by Gasteiger charge is 2.29. The molecule has 0 aliphatic carbocycles. The number of hydrogen-bond acceptors (Lipinski definition) is 6. The molecular weight excluding hydrogens is 436 g/mol. The molecule has 0 radical (unpaired) electrons. The largest absolute Gasteiger partial charge is 0.508 e. The second-order valence-corrected chi connectivity index (χ2v) is 8.50. The Morgan fingerprint density at radius 2 is 1.79 bits per heavy atom. The fraction of sp³-hybridized carbons (Fsp3) is 0.400. The molecule has 2 aromatic carbocycles. The maximum Gasteiger partial charge on any atom is 0.326 e. The number of carbonyl (C=O) groups is 3. The van der Waals surface area contributed by atoms with E-state index in [2.05, 4.69) is 21.3 Å². The third kappa shape index (κ3) is 6.33. The van der Waals surface area contributed by atoms with Crippen molar-refractivity contribution in [3.63, 3.8) is 0 Å². The number of hydrogen-bond donors (Lipinski definition) is 6. The molecule has 1 aliphatic heterocycles. The molecule has 0 unspecified atom stereocenters. The average Bonchev–Trinajstić information content (AvgIpc) is 2.82. The Labute approximate surface area is 198 Å². The first kappa shape index (κ1) is 25.2. The molecule has 0 saturated heterocycles. The van der Waals surface area contributed by atoms with Crippen molar-refractivity contribution < 1.29 is 24.6 Å². The molecule has 1 heterocycles. The van der Waals surface area contributed by atoms with Crippen LogP contribution in [-0.4, -0.2) is 66.8 Å². The molecule has 1 aliphatic rings. The second kappa shape index (κ2) is 11.6. The first-order valence-electron chi connectivity index (χ1n) is 11.4. The molecule has 3 atom stereocenters. The molecule has 4 bridgehead atoms. The minimum atomic E-state index is -1.15. The van der Waals surface area contributed by atoms with Crippen LogP contribution in [0.15, 0.2) is 42.5 Å². The van der Waals surface area contributed by atoms with Crippen LogP contribution in [0.2, 0.25) is 0 Å². The number of amides is 2. The summed E-state index contributed by atoms with van der Waals surface area (Å²) in [5, 5.41) is 31.5. The maximum atomic E-state index is 13.1. The summed E-state index contributed by atoms with van der Waals surface area (Å²) in [5.74, 6) is -2.02. The van der Waals surface area contributed by atoms with E-state index in [1.54, 1.807) is 26.2 Å². The van der Waals surface area contributed by atoms with E-state index >= 15 is 0 Å². The molecule has 6 N–H and O–H groups in total. The molecule has 0 aromatic heterocycles. The minimum absolute atomic E-state index is 0.0755. The van der Waals surface area contributed by atoms with Crippen LogP contribution in [0.25, 0.3) is 11.1 Å². The van der Waals surface area contributed by atoms with E-state index in [1.165, 1.54) is 0 Å². The number of carboxylic acids is 1. The number of carboxylic acid groups (broad SMARTS) is 1. The molecule has 2 amide bonds. The monoisotopic (exact) mass is 468 g/mol. The number of aliphatic carboxylic acids is 1. The summed E-state index contributed by atoms with van der Waals surface area (Å²) < 4.78 is 0. The van der Waals surface area contributed by atoms with Gasteiger partial charge in [-0.05, 0) is 67.9 Å². The van der Waals surface area contributed by atoms with Gasteiger partial charge in [-0.25, -0.2) is 4.79 Å². The van der Waals surface area contributed by atoms with Gasteiger partial charge in [0.05, 0.1) is 6.04 Å². The van der Waals surface area contributed by atoms with Crippen LogP contribution < -0.4 is 21.3 Å². The number of fused-ring (bicyclic) bond motifs is 5. The van der Waals surface area contributed by atoms with E-state index in [1.807, 2.05) is 30.3 Å². The van der Waals surface area contributed by atoms with Gasteiger partial charge in [0.2, 0.25) is 11.8 Å². The Hall–Kier alpha value is -3.43. The third-order valence-corrected chi connectivity index (χ3v) is 6.04. The zero-order valence-corrected chi connectivity index (χ0v) is 19.4. The quantitative estimate of drug-likeness (QED) is 0.345. The predicted molar refractivity (Wildman–Crippen MR) is 128 cm³/mol. The van der Waals surface area contributed by atoms with Crippen molar-refractivity contribution in [3.05, 3.63) is 53.6 Å². The van der Waals surface area contributed by atoms with E-state index in [4.69, 9.17) is 0 Å². The minimum Gasteiger partial charge on any atom is -0.508 e. The molecule has 9 nitrogen and oxygen atoms in total. The van der Waals surface area contributed by atoms with E-state index in [0.29, 0.717) is 24.9 Å². The summed E-state index contributed by atoms with van der Waals surface area (Å²) in [4.78, 5) is 38.1. The van der Waals surface area contributed by atoms with Gasteiger partial charge in [-0.2, -0.15) is 0 Å². The number of benzene rings is 2. The summed E-state index contributed by atoms with van der Waals surface area (Å²) in [6, 6.07) is 9.87. The van der Waals surface area contributed by atoms with Gasteiger partial charge in [0, 0.05) is 12.8 Å². The first-order valence-corrected chi connectivity index (χ1v) is 11.4. The zero-order valence-electron chi connectivity index (χ0n) is 19.4. The topological polar surface area (TPSA) is 140 Å². The highest BCUT2D eigenvalue weighted by atomic mass is 16.4. The van der Waals surface area contributed by atoms with Crippen molar-refractivity contribution in [1.82, 2.24) is 21.3 Å². The lowest BCUT2D eigenvalue weighted by Gasteiger charge is -2.24. The maximum absolute atomic E-state index is 13.1. The summed E-state index contributed by atoms with van der Waals surface area (Å²) in [6.45, 7) is 0.644.